The fourth-order valence-corrected chi connectivity index (χ4v) is 3.35. The lowest BCUT2D eigenvalue weighted by atomic mass is 9.87. The highest BCUT2D eigenvalue weighted by Crippen LogP contribution is 2.36. The number of methoxy groups -OCH3 is 2. The maximum atomic E-state index is 5.27. The fourth-order valence-electron chi connectivity index (χ4n) is 3.35. The summed E-state index contributed by atoms with van der Waals surface area (Å²) in [5.41, 5.74) is 8.91. The second kappa shape index (κ2) is 7.02. The summed E-state index contributed by atoms with van der Waals surface area (Å²) in [5, 5.41) is 0. The van der Waals surface area contributed by atoms with Crippen molar-refractivity contribution in [2.24, 2.45) is 0 Å². The first-order valence-corrected chi connectivity index (χ1v) is 8.44. The number of benzene rings is 3. The summed E-state index contributed by atoms with van der Waals surface area (Å²) in [4.78, 5) is 0. The van der Waals surface area contributed by atoms with E-state index in [1.54, 1.807) is 14.2 Å². The molecule has 0 aliphatic carbocycles. The summed E-state index contributed by atoms with van der Waals surface area (Å²) in [6.07, 6.45) is 0. The smallest absolute Gasteiger partial charge is 0.118 e. The van der Waals surface area contributed by atoms with Gasteiger partial charge in [0.15, 0.2) is 0 Å². The van der Waals surface area contributed by atoms with Gasteiger partial charge in [-0.3, -0.25) is 0 Å². The summed E-state index contributed by atoms with van der Waals surface area (Å²) >= 11 is 0. The SMILES string of the molecule is COc1ccc(-c2cc(C)c(-c3ccc(OC)cc3)c(C)c2C)cc1. The molecular weight excluding hydrogens is 308 g/mol. The van der Waals surface area contributed by atoms with E-state index in [-0.39, 0.29) is 0 Å². The van der Waals surface area contributed by atoms with Crippen LogP contribution in [0.3, 0.4) is 0 Å². The van der Waals surface area contributed by atoms with E-state index in [1.165, 1.54) is 38.9 Å². The zero-order chi connectivity index (χ0) is 18.0. The monoisotopic (exact) mass is 332 g/mol. The quantitative estimate of drug-likeness (QED) is 0.586. The Morgan fingerprint density at radius 2 is 1.08 bits per heavy atom. The summed E-state index contributed by atoms with van der Waals surface area (Å²) in [5.74, 6) is 1.76. The minimum Gasteiger partial charge on any atom is -0.497 e. The molecule has 0 spiro atoms. The van der Waals surface area contributed by atoms with Crippen molar-refractivity contribution >= 4 is 0 Å². The predicted octanol–water partition coefficient (Wildman–Crippen LogP) is 5.96. The van der Waals surface area contributed by atoms with Gasteiger partial charge in [-0.1, -0.05) is 30.3 Å². The molecular formula is C23H24O2. The van der Waals surface area contributed by atoms with Gasteiger partial charge in [0.05, 0.1) is 14.2 Å². The Labute approximate surface area is 150 Å². The van der Waals surface area contributed by atoms with Crippen LogP contribution in [0.25, 0.3) is 22.3 Å². The lowest BCUT2D eigenvalue weighted by molar-refractivity contribution is 0.415. The van der Waals surface area contributed by atoms with Crippen LogP contribution in [-0.4, -0.2) is 14.2 Å². The van der Waals surface area contributed by atoms with E-state index in [9.17, 15) is 0 Å². The van der Waals surface area contributed by atoms with Crippen molar-refractivity contribution in [2.75, 3.05) is 14.2 Å². The Morgan fingerprint density at radius 3 is 1.56 bits per heavy atom. The number of ether oxygens (including phenoxy) is 2. The average Bonchev–Trinajstić information content (AvgIpc) is 2.65. The molecule has 2 heteroatoms. The zero-order valence-corrected chi connectivity index (χ0v) is 15.5. The number of rotatable bonds is 4. The summed E-state index contributed by atoms with van der Waals surface area (Å²) < 4.78 is 10.5. The Kier molecular flexibility index (Phi) is 4.80. The van der Waals surface area contributed by atoms with Gasteiger partial charge in [0, 0.05) is 0 Å². The number of hydrogen-bond donors (Lipinski definition) is 0. The first kappa shape index (κ1) is 17.1. The molecule has 0 saturated heterocycles. The molecule has 0 atom stereocenters. The van der Waals surface area contributed by atoms with E-state index in [1.807, 2.05) is 24.3 Å². The van der Waals surface area contributed by atoms with Gasteiger partial charge in [0.2, 0.25) is 0 Å². The maximum Gasteiger partial charge on any atom is 0.118 e. The molecule has 0 aromatic heterocycles. The summed E-state index contributed by atoms with van der Waals surface area (Å²) in [7, 11) is 3.39. The molecule has 0 radical (unpaired) electrons. The van der Waals surface area contributed by atoms with Crippen molar-refractivity contribution in [3.8, 4) is 33.8 Å². The summed E-state index contributed by atoms with van der Waals surface area (Å²) in [6.45, 7) is 6.58. The van der Waals surface area contributed by atoms with E-state index in [0.29, 0.717) is 0 Å². The molecule has 128 valence electrons. The molecule has 0 saturated carbocycles. The molecule has 0 aliphatic rings. The Morgan fingerprint density at radius 1 is 0.600 bits per heavy atom. The predicted molar refractivity (Wildman–Crippen MR) is 105 cm³/mol. The van der Waals surface area contributed by atoms with Crippen molar-refractivity contribution in [3.63, 3.8) is 0 Å². The van der Waals surface area contributed by atoms with Gasteiger partial charge in [0.1, 0.15) is 11.5 Å². The van der Waals surface area contributed by atoms with Crippen LogP contribution in [0.5, 0.6) is 11.5 Å². The largest absolute Gasteiger partial charge is 0.497 e. The van der Waals surface area contributed by atoms with Gasteiger partial charge in [0.25, 0.3) is 0 Å². The van der Waals surface area contributed by atoms with Crippen molar-refractivity contribution in [2.45, 2.75) is 20.8 Å². The van der Waals surface area contributed by atoms with E-state index in [4.69, 9.17) is 9.47 Å². The van der Waals surface area contributed by atoms with E-state index >= 15 is 0 Å². The Balaban J connectivity index is 2.09. The van der Waals surface area contributed by atoms with Crippen LogP contribution in [0.15, 0.2) is 54.6 Å². The molecule has 0 N–H and O–H groups in total. The van der Waals surface area contributed by atoms with Crippen LogP contribution in [0.1, 0.15) is 16.7 Å². The molecule has 3 aromatic carbocycles. The van der Waals surface area contributed by atoms with Crippen molar-refractivity contribution in [3.05, 3.63) is 71.3 Å². The van der Waals surface area contributed by atoms with Gasteiger partial charge in [-0.2, -0.15) is 0 Å². The molecule has 0 bridgehead atoms. The third-order valence-corrected chi connectivity index (χ3v) is 4.88. The second-order valence-electron chi connectivity index (χ2n) is 6.32. The fraction of sp³-hybridized carbons (Fsp3) is 0.217. The Hall–Kier alpha value is -2.74. The molecule has 0 unspecified atom stereocenters. The van der Waals surface area contributed by atoms with Crippen LogP contribution in [-0.2, 0) is 0 Å². The van der Waals surface area contributed by atoms with E-state index < -0.39 is 0 Å². The van der Waals surface area contributed by atoms with E-state index in [0.717, 1.165) is 11.5 Å². The number of aryl methyl sites for hydroxylation is 1. The molecule has 2 nitrogen and oxygen atoms in total. The third kappa shape index (κ3) is 3.25. The topological polar surface area (TPSA) is 18.5 Å². The third-order valence-electron chi connectivity index (χ3n) is 4.88. The normalized spacial score (nSPS) is 10.6. The molecule has 3 rings (SSSR count). The van der Waals surface area contributed by atoms with Gasteiger partial charge in [-0.25, -0.2) is 0 Å². The van der Waals surface area contributed by atoms with Crippen LogP contribution >= 0.6 is 0 Å². The maximum absolute atomic E-state index is 5.27. The van der Waals surface area contributed by atoms with Gasteiger partial charge in [-0.05, 0) is 84.0 Å². The van der Waals surface area contributed by atoms with Crippen LogP contribution in [0.4, 0.5) is 0 Å². The lowest BCUT2D eigenvalue weighted by Gasteiger charge is -2.18. The zero-order valence-electron chi connectivity index (χ0n) is 15.5. The van der Waals surface area contributed by atoms with Gasteiger partial charge in [-0.15, -0.1) is 0 Å². The standard InChI is InChI=1S/C23H24O2/c1-15-14-22(18-6-10-20(24-4)11-7-18)16(2)17(3)23(15)19-8-12-21(25-5)13-9-19/h6-14H,1-5H3. The second-order valence-corrected chi connectivity index (χ2v) is 6.32. The minimum atomic E-state index is 0.879. The van der Waals surface area contributed by atoms with Crippen molar-refractivity contribution in [1.29, 1.82) is 0 Å². The van der Waals surface area contributed by atoms with Crippen molar-refractivity contribution in [1.82, 2.24) is 0 Å². The molecule has 0 aliphatic heterocycles. The average molecular weight is 332 g/mol. The van der Waals surface area contributed by atoms with Crippen LogP contribution in [0, 0.1) is 20.8 Å². The number of hydrogen-bond acceptors (Lipinski definition) is 2. The minimum absolute atomic E-state index is 0.879. The molecule has 25 heavy (non-hydrogen) atoms. The van der Waals surface area contributed by atoms with Crippen LogP contribution in [0.2, 0.25) is 0 Å². The highest BCUT2D eigenvalue weighted by Gasteiger charge is 2.13. The Bertz CT molecular complexity index is 875. The van der Waals surface area contributed by atoms with Crippen molar-refractivity contribution < 1.29 is 9.47 Å². The first-order chi connectivity index (χ1) is 12.0. The van der Waals surface area contributed by atoms with Crippen LogP contribution < -0.4 is 9.47 Å². The van der Waals surface area contributed by atoms with E-state index in [2.05, 4.69) is 51.1 Å². The molecule has 0 heterocycles. The highest BCUT2D eigenvalue weighted by molar-refractivity contribution is 5.80. The summed E-state index contributed by atoms with van der Waals surface area (Å²) in [6, 6.07) is 18.8. The highest BCUT2D eigenvalue weighted by atomic mass is 16.5. The molecule has 3 aromatic rings. The molecule has 0 fully saturated rings. The van der Waals surface area contributed by atoms with Gasteiger partial charge < -0.3 is 9.47 Å². The molecule has 0 amide bonds. The first-order valence-electron chi connectivity index (χ1n) is 8.44. The van der Waals surface area contributed by atoms with Gasteiger partial charge >= 0.3 is 0 Å². The lowest BCUT2D eigenvalue weighted by Crippen LogP contribution is -1.96.